The third-order valence-electron chi connectivity index (χ3n) is 1.73. The van der Waals surface area contributed by atoms with E-state index >= 15 is 0 Å². The Morgan fingerprint density at radius 2 is 2.27 bits per heavy atom. The molecule has 0 saturated carbocycles. The van der Waals surface area contributed by atoms with E-state index < -0.39 is 24.9 Å². The monoisotopic (exact) mass is 221 g/mol. The van der Waals surface area contributed by atoms with Crippen molar-refractivity contribution in [2.45, 2.75) is 25.9 Å². The average Bonchev–Trinajstić information content (AvgIpc) is 2.47. The normalized spacial score (nSPS) is 11.5. The van der Waals surface area contributed by atoms with Gasteiger partial charge in [-0.15, -0.1) is 0 Å². The highest BCUT2D eigenvalue weighted by molar-refractivity contribution is 5.90. The van der Waals surface area contributed by atoms with Crippen molar-refractivity contribution < 1.29 is 18.0 Å². The summed E-state index contributed by atoms with van der Waals surface area (Å²) in [5, 5.41) is 8.40. The minimum Gasteiger partial charge on any atom is -0.311 e. The van der Waals surface area contributed by atoms with Gasteiger partial charge in [-0.1, -0.05) is 0 Å². The van der Waals surface area contributed by atoms with Gasteiger partial charge < -0.3 is 5.32 Å². The maximum atomic E-state index is 11.8. The summed E-state index contributed by atoms with van der Waals surface area (Å²) in [6.45, 7) is 1.68. The molecule has 0 fully saturated rings. The number of aromatic nitrogens is 2. The van der Waals surface area contributed by atoms with Gasteiger partial charge in [0.05, 0.1) is 12.6 Å². The van der Waals surface area contributed by atoms with Crippen molar-refractivity contribution in [3.05, 3.63) is 11.8 Å². The number of nitrogens with one attached hydrogen (secondary N) is 2. The van der Waals surface area contributed by atoms with Crippen LogP contribution in [0, 0.1) is 6.92 Å². The van der Waals surface area contributed by atoms with E-state index in [1.54, 1.807) is 6.92 Å². The van der Waals surface area contributed by atoms with Gasteiger partial charge in [0.25, 0.3) is 0 Å². The number of carbonyl (C=O) groups is 1. The maximum absolute atomic E-state index is 11.8. The summed E-state index contributed by atoms with van der Waals surface area (Å²) < 4.78 is 35.3. The van der Waals surface area contributed by atoms with Crippen molar-refractivity contribution in [2.75, 3.05) is 5.32 Å². The van der Waals surface area contributed by atoms with E-state index in [-0.39, 0.29) is 0 Å². The fraction of sp³-hybridized carbons (Fsp3) is 0.500. The molecule has 0 saturated heterocycles. The van der Waals surface area contributed by atoms with Gasteiger partial charge in [0.15, 0.2) is 0 Å². The zero-order chi connectivity index (χ0) is 11.5. The molecule has 1 rings (SSSR count). The van der Waals surface area contributed by atoms with Gasteiger partial charge in [-0.05, 0) is 6.92 Å². The zero-order valence-electron chi connectivity index (χ0n) is 7.98. The van der Waals surface area contributed by atoms with Crippen LogP contribution in [0.4, 0.5) is 19.0 Å². The van der Waals surface area contributed by atoms with Crippen LogP contribution in [-0.2, 0) is 4.79 Å². The highest BCUT2D eigenvalue weighted by Gasteiger charge is 2.27. The lowest BCUT2D eigenvalue weighted by Crippen LogP contribution is -2.17. The topological polar surface area (TPSA) is 57.8 Å². The summed E-state index contributed by atoms with van der Waals surface area (Å²) in [5.74, 6) is -0.346. The molecule has 0 radical (unpaired) electrons. The fourth-order valence-electron chi connectivity index (χ4n) is 0.930. The van der Waals surface area contributed by atoms with Gasteiger partial charge in [-0.3, -0.25) is 9.89 Å². The molecular formula is C8H10F3N3O. The molecule has 1 aromatic rings. The minimum atomic E-state index is -4.31. The van der Waals surface area contributed by atoms with Crippen LogP contribution in [-0.4, -0.2) is 22.3 Å². The first-order valence-electron chi connectivity index (χ1n) is 4.25. The average molecular weight is 221 g/mol. The Morgan fingerprint density at radius 3 is 2.73 bits per heavy atom. The van der Waals surface area contributed by atoms with Crippen molar-refractivity contribution >= 4 is 11.7 Å². The number of alkyl halides is 3. The van der Waals surface area contributed by atoms with Gasteiger partial charge >= 0.3 is 6.18 Å². The van der Waals surface area contributed by atoms with E-state index in [0.29, 0.717) is 11.4 Å². The van der Waals surface area contributed by atoms with Crippen LogP contribution < -0.4 is 5.32 Å². The summed E-state index contributed by atoms with van der Waals surface area (Å²) in [6, 6.07) is 0. The molecule has 4 nitrogen and oxygen atoms in total. The van der Waals surface area contributed by atoms with Crippen LogP contribution in [0.3, 0.4) is 0 Å². The molecule has 0 spiro atoms. The van der Waals surface area contributed by atoms with Crippen LogP contribution in [0.5, 0.6) is 0 Å². The number of anilines is 1. The summed E-state index contributed by atoms with van der Waals surface area (Å²) in [7, 11) is 0. The maximum Gasteiger partial charge on any atom is 0.389 e. The highest BCUT2D eigenvalue weighted by atomic mass is 19.4. The van der Waals surface area contributed by atoms with Crippen LogP contribution in [0.2, 0.25) is 0 Å². The van der Waals surface area contributed by atoms with Gasteiger partial charge in [0.1, 0.15) is 5.82 Å². The van der Waals surface area contributed by atoms with E-state index in [4.69, 9.17) is 0 Å². The number of halogens is 3. The van der Waals surface area contributed by atoms with Crippen molar-refractivity contribution in [1.82, 2.24) is 10.2 Å². The predicted octanol–water partition coefficient (Wildman–Crippen LogP) is 2.00. The van der Waals surface area contributed by atoms with Gasteiger partial charge in [-0.25, -0.2) is 0 Å². The second kappa shape index (κ2) is 4.33. The van der Waals surface area contributed by atoms with Crippen molar-refractivity contribution in [1.29, 1.82) is 0 Å². The lowest BCUT2D eigenvalue weighted by Gasteiger charge is -2.06. The summed E-state index contributed by atoms with van der Waals surface area (Å²) >= 11 is 0. The Hall–Kier alpha value is -1.53. The molecule has 0 aliphatic carbocycles. The zero-order valence-corrected chi connectivity index (χ0v) is 7.98. The van der Waals surface area contributed by atoms with E-state index in [2.05, 4.69) is 15.5 Å². The third-order valence-corrected chi connectivity index (χ3v) is 1.73. The lowest BCUT2D eigenvalue weighted by molar-refractivity contribution is -0.142. The number of rotatable bonds is 3. The summed E-state index contributed by atoms with van der Waals surface area (Å²) in [4.78, 5) is 11.1. The second-order valence-electron chi connectivity index (χ2n) is 3.09. The molecule has 2 N–H and O–H groups in total. The van der Waals surface area contributed by atoms with Crippen LogP contribution in [0.15, 0.2) is 6.20 Å². The molecule has 1 heterocycles. The molecule has 0 atom stereocenters. The minimum absolute atomic E-state index is 0.335. The Morgan fingerprint density at radius 1 is 1.60 bits per heavy atom. The predicted molar refractivity (Wildman–Crippen MR) is 47.2 cm³/mol. The SMILES string of the molecule is Cc1cn[nH]c1NC(=O)CCC(F)(F)F. The van der Waals surface area contributed by atoms with Crippen LogP contribution >= 0.6 is 0 Å². The standard InChI is InChI=1S/C8H10F3N3O/c1-5-4-12-14-7(5)13-6(15)2-3-8(9,10)11/h4H,2-3H2,1H3,(H2,12,13,14,15). The molecule has 0 unspecified atom stereocenters. The molecule has 0 aliphatic rings. The first kappa shape index (κ1) is 11.5. The number of aryl methyl sites for hydroxylation is 1. The number of carbonyl (C=O) groups excluding carboxylic acids is 1. The summed E-state index contributed by atoms with van der Waals surface area (Å²) in [5.41, 5.74) is 0.676. The molecule has 0 aromatic carbocycles. The van der Waals surface area contributed by atoms with E-state index in [1.165, 1.54) is 6.20 Å². The smallest absolute Gasteiger partial charge is 0.311 e. The molecule has 1 amide bonds. The fourth-order valence-corrected chi connectivity index (χ4v) is 0.930. The first-order valence-corrected chi connectivity index (χ1v) is 4.25. The third kappa shape index (κ3) is 4.01. The number of aromatic amines is 1. The number of H-pyrrole nitrogens is 1. The van der Waals surface area contributed by atoms with Gasteiger partial charge in [0.2, 0.25) is 5.91 Å². The number of nitrogens with zero attached hydrogens (tertiary/aromatic N) is 1. The van der Waals surface area contributed by atoms with Crippen molar-refractivity contribution in [2.24, 2.45) is 0 Å². The first-order chi connectivity index (χ1) is 6.88. The Bertz CT molecular complexity index is 345. The van der Waals surface area contributed by atoms with Crippen LogP contribution in [0.25, 0.3) is 0 Å². The number of hydrogen-bond donors (Lipinski definition) is 2. The van der Waals surface area contributed by atoms with E-state index in [0.717, 1.165) is 0 Å². The van der Waals surface area contributed by atoms with Crippen molar-refractivity contribution in [3.63, 3.8) is 0 Å². The van der Waals surface area contributed by atoms with E-state index in [1.807, 2.05) is 0 Å². The molecule has 0 aliphatic heterocycles. The second-order valence-corrected chi connectivity index (χ2v) is 3.09. The highest BCUT2D eigenvalue weighted by Crippen LogP contribution is 2.21. The van der Waals surface area contributed by atoms with Crippen LogP contribution in [0.1, 0.15) is 18.4 Å². The lowest BCUT2D eigenvalue weighted by atomic mass is 10.3. The Balaban J connectivity index is 2.41. The van der Waals surface area contributed by atoms with E-state index in [9.17, 15) is 18.0 Å². The van der Waals surface area contributed by atoms with Crippen molar-refractivity contribution in [3.8, 4) is 0 Å². The molecule has 15 heavy (non-hydrogen) atoms. The Kier molecular flexibility index (Phi) is 3.33. The molecular weight excluding hydrogens is 211 g/mol. The summed E-state index contributed by atoms with van der Waals surface area (Å²) in [6.07, 6.45) is -4.53. The molecule has 0 bridgehead atoms. The van der Waals surface area contributed by atoms with Gasteiger partial charge in [-0.2, -0.15) is 18.3 Å². The molecule has 7 heteroatoms. The number of hydrogen-bond acceptors (Lipinski definition) is 2. The van der Waals surface area contributed by atoms with Gasteiger partial charge in [0, 0.05) is 12.0 Å². The molecule has 1 aromatic heterocycles. The number of amides is 1. The largest absolute Gasteiger partial charge is 0.389 e. The Labute approximate surface area is 83.9 Å². The quantitative estimate of drug-likeness (QED) is 0.820. The molecule has 84 valence electrons.